The summed E-state index contributed by atoms with van der Waals surface area (Å²) in [6.07, 6.45) is 0.610. The Labute approximate surface area is 240 Å². The van der Waals surface area contributed by atoms with Gasteiger partial charge in [0.05, 0.1) is 35.0 Å². The SMILES string of the molecule is COC(=O)C1CCNC(c2ccc(Cl)c(F)c2)C1.Cl.O=C(O)C1CCN(C(=O)O)C(c2ccc(Cl)c(F)c2)C1. The first kappa shape index (κ1) is 32.6. The molecule has 0 saturated carbocycles. The first-order valence-corrected chi connectivity index (χ1v) is 12.7. The Balaban J connectivity index is 0.000000268. The van der Waals surface area contributed by atoms with Gasteiger partial charge in [-0.1, -0.05) is 35.3 Å². The van der Waals surface area contributed by atoms with Gasteiger partial charge in [0.2, 0.25) is 0 Å². The number of nitrogens with one attached hydrogen (secondary N) is 1. The van der Waals surface area contributed by atoms with Crippen LogP contribution in [0, 0.1) is 23.5 Å². The number of hydrogen-bond acceptors (Lipinski definition) is 5. The second-order valence-corrected chi connectivity index (χ2v) is 9.96. The fraction of sp³-hybridized carbons (Fsp3) is 0.423. The van der Waals surface area contributed by atoms with Crippen LogP contribution in [0.25, 0.3) is 0 Å². The molecule has 2 aliphatic heterocycles. The number of carbonyl (C=O) groups is 3. The fourth-order valence-electron chi connectivity index (χ4n) is 4.74. The van der Waals surface area contributed by atoms with Crippen molar-refractivity contribution in [3.8, 4) is 0 Å². The van der Waals surface area contributed by atoms with Crippen molar-refractivity contribution in [1.29, 1.82) is 0 Å². The topological polar surface area (TPSA) is 116 Å². The van der Waals surface area contributed by atoms with E-state index in [-0.39, 0.29) is 59.8 Å². The number of methoxy groups -OCH3 is 1. The molecule has 2 aliphatic rings. The number of aliphatic carboxylic acids is 1. The van der Waals surface area contributed by atoms with Gasteiger partial charge in [0.15, 0.2) is 0 Å². The predicted octanol–water partition coefficient (Wildman–Crippen LogP) is 6.11. The maximum atomic E-state index is 13.5. The van der Waals surface area contributed by atoms with Gasteiger partial charge >= 0.3 is 18.0 Å². The van der Waals surface area contributed by atoms with E-state index in [1.165, 1.54) is 31.4 Å². The second kappa shape index (κ2) is 14.6. The van der Waals surface area contributed by atoms with Crippen molar-refractivity contribution in [3.63, 3.8) is 0 Å². The van der Waals surface area contributed by atoms with E-state index < -0.39 is 35.7 Å². The highest BCUT2D eigenvalue weighted by molar-refractivity contribution is 6.31. The lowest BCUT2D eigenvalue weighted by atomic mass is 9.87. The summed E-state index contributed by atoms with van der Waals surface area (Å²) in [5, 5.41) is 21.6. The van der Waals surface area contributed by atoms with Gasteiger partial charge in [-0.2, -0.15) is 0 Å². The average molecular weight is 610 g/mol. The summed E-state index contributed by atoms with van der Waals surface area (Å²) in [5.74, 6) is -3.00. The summed E-state index contributed by atoms with van der Waals surface area (Å²) in [6.45, 7) is 0.829. The molecule has 3 N–H and O–H groups in total. The molecular formula is C26H29Cl3F2N2O6. The average Bonchev–Trinajstić information content (AvgIpc) is 2.91. The zero-order chi connectivity index (χ0) is 28.0. The highest BCUT2D eigenvalue weighted by Crippen LogP contribution is 2.35. The lowest BCUT2D eigenvalue weighted by Crippen LogP contribution is -2.42. The first-order chi connectivity index (χ1) is 18.0. The molecule has 214 valence electrons. The monoisotopic (exact) mass is 608 g/mol. The Morgan fingerprint density at radius 1 is 0.949 bits per heavy atom. The van der Waals surface area contributed by atoms with Gasteiger partial charge in [-0.25, -0.2) is 13.6 Å². The minimum atomic E-state index is -1.14. The third-order valence-corrected chi connectivity index (χ3v) is 7.42. The highest BCUT2D eigenvalue weighted by atomic mass is 35.5. The summed E-state index contributed by atoms with van der Waals surface area (Å²) in [5.41, 5.74) is 1.23. The molecule has 13 heteroatoms. The van der Waals surface area contributed by atoms with Crippen LogP contribution in [0.2, 0.25) is 10.0 Å². The van der Waals surface area contributed by atoms with Crippen molar-refractivity contribution in [3.05, 3.63) is 69.2 Å². The molecular weight excluding hydrogens is 581 g/mol. The number of halogens is 5. The molecule has 1 amide bonds. The number of ether oxygens (including phenoxy) is 1. The number of carboxylic acid groups (broad SMARTS) is 2. The third kappa shape index (κ3) is 8.41. The number of amides is 1. The van der Waals surface area contributed by atoms with Crippen LogP contribution in [0.3, 0.4) is 0 Å². The Kier molecular flexibility index (Phi) is 12.2. The van der Waals surface area contributed by atoms with E-state index in [1.54, 1.807) is 6.07 Å². The second-order valence-electron chi connectivity index (χ2n) is 9.15. The van der Waals surface area contributed by atoms with Gasteiger partial charge in [0.25, 0.3) is 0 Å². The summed E-state index contributed by atoms with van der Waals surface area (Å²) < 4.78 is 31.7. The molecule has 2 heterocycles. The van der Waals surface area contributed by atoms with Gasteiger partial charge in [-0.15, -0.1) is 12.4 Å². The summed E-state index contributed by atoms with van der Waals surface area (Å²) >= 11 is 11.3. The molecule has 0 bridgehead atoms. The van der Waals surface area contributed by atoms with E-state index in [1.807, 2.05) is 0 Å². The molecule has 2 aromatic rings. The molecule has 0 radical (unpaired) electrons. The van der Waals surface area contributed by atoms with Gasteiger partial charge in [-0.05, 0) is 67.6 Å². The highest BCUT2D eigenvalue weighted by Gasteiger charge is 2.36. The Morgan fingerprint density at radius 2 is 1.54 bits per heavy atom. The van der Waals surface area contributed by atoms with Crippen LogP contribution in [0.5, 0.6) is 0 Å². The number of carboxylic acids is 1. The minimum absolute atomic E-state index is 0. The van der Waals surface area contributed by atoms with E-state index >= 15 is 0 Å². The van der Waals surface area contributed by atoms with E-state index in [2.05, 4.69) is 5.32 Å². The van der Waals surface area contributed by atoms with Gasteiger partial charge in [-0.3, -0.25) is 9.59 Å². The van der Waals surface area contributed by atoms with Crippen LogP contribution < -0.4 is 5.32 Å². The molecule has 0 aliphatic carbocycles. The van der Waals surface area contributed by atoms with Crippen LogP contribution in [-0.4, -0.2) is 53.3 Å². The van der Waals surface area contributed by atoms with Gasteiger partial charge in [0.1, 0.15) is 11.6 Å². The quantitative estimate of drug-likeness (QED) is 0.358. The standard InChI is InChI=1S/C13H13ClFNO4.C13H15ClFNO2.ClH/c14-9-2-1-7(5-10(9)15)11-6-8(12(17)18)3-4-16(11)13(19)20;1-18-13(17)9-4-5-16-12(7-9)8-2-3-10(14)11(15)6-8;/h1-2,5,8,11H,3-4,6H2,(H,17,18)(H,19,20);2-3,6,9,12,16H,4-5,7H2,1H3;1H. The van der Waals surface area contributed by atoms with Crippen molar-refractivity contribution in [2.45, 2.75) is 37.8 Å². The van der Waals surface area contributed by atoms with Crippen LogP contribution in [0.15, 0.2) is 36.4 Å². The van der Waals surface area contributed by atoms with Crippen LogP contribution in [-0.2, 0) is 14.3 Å². The van der Waals surface area contributed by atoms with Crippen molar-refractivity contribution < 1.29 is 38.1 Å². The van der Waals surface area contributed by atoms with Crippen LogP contribution >= 0.6 is 35.6 Å². The Morgan fingerprint density at radius 3 is 2.08 bits per heavy atom. The van der Waals surface area contributed by atoms with Crippen molar-refractivity contribution in [2.24, 2.45) is 11.8 Å². The zero-order valence-corrected chi connectivity index (χ0v) is 23.2. The number of rotatable bonds is 4. The van der Waals surface area contributed by atoms with E-state index in [4.69, 9.17) is 33.0 Å². The molecule has 0 aromatic heterocycles. The molecule has 8 nitrogen and oxygen atoms in total. The van der Waals surface area contributed by atoms with E-state index in [9.17, 15) is 28.3 Å². The van der Waals surface area contributed by atoms with E-state index in [0.29, 0.717) is 18.5 Å². The summed E-state index contributed by atoms with van der Waals surface area (Å²) in [7, 11) is 1.39. The van der Waals surface area contributed by atoms with Crippen LogP contribution in [0.4, 0.5) is 13.6 Å². The predicted molar refractivity (Wildman–Crippen MR) is 143 cm³/mol. The third-order valence-electron chi connectivity index (χ3n) is 6.81. The zero-order valence-electron chi connectivity index (χ0n) is 20.9. The summed E-state index contributed by atoms with van der Waals surface area (Å²) in [4.78, 5) is 35.0. The summed E-state index contributed by atoms with van der Waals surface area (Å²) in [6, 6.07) is 8.06. The Hall–Kier alpha value is -2.66. The molecule has 2 aromatic carbocycles. The van der Waals surface area contributed by atoms with Gasteiger partial charge < -0.3 is 25.2 Å². The molecule has 4 atom stereocenters. The maximum Gasteiger partial charge on any atom is 0.407 e. The first-order valence-electron chi connectivity index (χ1n) is 11.9. The smallest absolute Gasteiger partial charge is 0.407 e. The molecule has 2 saturated heterocycles. The molecule has 2 fully saturated rings. The Bertz CT molecular complexity index is 1190. The maximum absolute atomic E-state index is 13.5. The molecule has 0 spiro atoms. The van der Waals surface area contributed by atoms with Crippen molar-refractivity contribution in [1.82, 2.24) is 10.2 Å². The van der Waals surface area contributed by atoms with Crippen molar-refractivity contribution in [2.75, 3.05) is 20.2 Å². The lowest BCUT2D eigenvalue weighted by molar-refractivity contribution is -0.147. The van der Waals surface area contributed by atoms with Crippen molar-refractivity contribution >= 4 is 53.6 Å². The molecule has 4 rings (SSSR count). The van der Waals surface area contributed by atoms with Gasteiger partial charge in [0, 0.05) is 12.6 Å². The number of esters is 1. The lowest BCUT2D eigenvalue weighted by Gasteiger charge is -2.36. The largest absolute Gasteiger partial charge is 0.481 e. The number of hydrogen-bond donors (Lipinski definition) is 3. The van der Waals surface area contributed by atoms with Crippen LogP contribution in [0.1, 0.15) is 48.9 Å². The fourth-order valence-corrected chi connectivity index (χ4v) is 4.97. The number of benzene rings is 2. The minimum Gasteiger partial charge on any atom is -0.481 e. The number of nitrogens with zero attached hydrogens (tertiary/aromatic N) is 1. The number of likely N-dealkylation sites (tertiary alicyclic amines) is 1. The normalized spacial score (nSPS) is 22.5. The van der Waals surface area contributed by atoms with E-state index in [0.717, 1.165) is 23.0 Å². The number of piperidine rings is 2. The molecule has 39 heavy (non-hydrogen) atoms. The molecule has 4 unspecified atom stereocenters. The number of carbonyl (C=O) groups excluding carboxylic acids is 1.